The van der Waals surface area contributed by atoms with Crippen molar-refractivity contribution in [3.8, 4) is 0 Å². The highest BCUT2D eigenvalue weighted by molar-refractivity contribution is 5.89. The monoisotopic (exact) mass is 302 g/mol. The van der Waals surface area contributed by atoms with E-state index in [4.69, 9.17) is 4.74 Å². The molecule has 1 aromatic rings. The Morgan fingerprint density at radius 2 is 1.95 bits per heavy atom. The number of hydrogen-bond donors (Lipinski definition) is 2. The predicted molar refractivity (Wildman–Crippen MR) is 88.0 cm³/mol. The van der Waals surface area contributed by atoms with E-state index in [-0.39, 0.29) is 12.0 Å². The van der Waals surface area contributed by atoms with Gasteiger partial charge in [-0.05, 0) is 44.7 Å². The van der Waals surface area contributed by atoms with Crippen LogP contribution in [0.15, 0.2) is 24.3 Å². The zero-order valence-electron chi connectivity index (χ0n) is 13.4. The van der Waals surface area contributed by atoms with Gasteiger partial charge in [0.05, 0.1) is 6.10 Å². The maximum absolute atomic E-state index is 12.8. The van der Waals surface area contributed by atoms with Gasteiger partial charge in [-0.2, -0.15) is 0 Å². The molecule has 4 nitrogen and oxygen atoms in total. The molecule has 120 valence electrons. The number of benzene rings is 1. The van der Waals surface area contributed by atoms with Gasteiger partial charge in [0.15, 0.2) is 0 Å². The lowest BCUT2D eigenvalue weighted by Gasteiger charge is -2.30. The van der Waals surface area contributed by atoms with Crippen molar-refractivity contribution in [2.24, 2.45) is 0 Å². The van der Waals surface area contributed by atoms with Crippen LogP contribution in [0.4, 0.5) is 5.69 Å². The summed E-state index contributed by atoms with van der Waals surface area (Å²) in [5.41, 5.74) is 1.81. The summed E-state index contributed by atoms with van der Waals surface area (Å²) in [7, 11) is 0. The molecule has 2 N–H and O–H groups in total. The van der Waals surface area contributed by atoms with Crippen molar-refractivity contribution < 1.29 is 9.53 Å². The normalized spacial score (nSPS) is 23.4. The zero-order chi connectivity index (χ0) is 15.4. The van der Waals surface area contributed by atoms with E-state index in [1.165, 1.54) is 5.56 Å². The highest BCUT2D eigenvalue weighted by atomic mass is 16.5. The van der Waals surface area contributed by atoms with E-state index in [1.54, 1.807) is 0 Å². The second-order valence-electron chi connectivity index (χ2n) is 6.63. The fourth-order valence-corrected chi connectivity index (χ4v) is 3.48. The zero-order valence-corrected chi connectivity index (χ0v) is 13.4. The Kier molecular flexibility index (Phi) is 4.67. The Morgan fingerprint density at radius 3 is 2.59 bits per heavy atom. The predicted octanol–water partition coefficient (Wildman–Crippen LogP) is 3.01. The van der Waals surface area contributed by atoms with Crippen LogP contribution in [0.25, 0.3) is 0 Å². The summed E-state index contributed by atoms with van der Waals surface area (Å²) in [5.74, 6) is 0.126. The number of carbonyl (C=O) groups is 1. The third kappa shape index (κ3) is 3.43. The van der Waals surface area contributed by atoms with Crippen LogP contribution < -0.4 is 10.6 Å². The number of aryl methyl sites for hydroxylation is 1. The molecule has 1 saturated heterocycles. The molecule has 0 bridgehead atoms. The molecule has 2 aliphatic rings. The Labute approximate surface area is 132 Å². The molecule has 1 aliphatic carbocycles. The molecule has 0 radical (unpaired) electrons. The molecule has 4 heteroatoms. The Morgan fingerprint density at radius 1 is 1.23 bits per heavy atom. The van der Waals surface area contributed by atoms with E-state index in [9.17, 15) is 4.79 Å². The second-order valence-corrected chi connectivity index (χ2v) is 6.63. The lowest BCUT2D eigenvalue weighted by molar-refractivity contribution is -0.125. The summed E-state index contributed by atoms with van der Waals surface area (Å²) in [6.45, 7) is 3.53. The molecule has 1 heterocycles. The minimum absolute atomic E-state index is 0.126. The van der Waals surface area contributed by atoms with Crippen molar-refractivity contribution in [2.75, 3.05) is 18.5 Å². The van der Waals surface area contributed by atoms with Gasteiger partial charge >= 0.3 is 0 Å². The number of amides is 1. The van der Waals surface area contributed by atoms with Gasteiger partial charge in [0, 0.05) is 18.8 Å². The smallest absolute Gasteiger partial charge is 0.245 e. The quantitative estimate of drug-likeness (QED) is 0.879. The molecule has 2 fully saturated rings. The number of carbonyl (C=O) groups excluding carboxylic acids is 1. The Bertz CT molecular complexity index is 500. The first-order chi connectivity index (χ1) is 10.7. The molecule has 0 spiro atoms. The average Bonchev–Trinajstić information content (AvgIpc) is 3.19. The van der Waals surface area contributed by atoms with Crippen LogP contribution in [-0.4, -0.2) is 30.7 Å². The average molecular weight is 302 g/mol. The molecule has 0 unspecified atom stereocenters. The van der Waals surface area contributed by atoms with Gasteiger partial charge in [-0.1, -0.05) is 30.5 Å². The highest BCUT2D eigenvalue weighted by Crippen LogP contribution is 2.33. The van der Waals surface area contributed by atoms with Gasteiger partial charge in [0.2, 0.25) is 5.91 Å². The van der Waals surface area contributed by atoms with E-state index >= 15 is 0 Å². The molecule has 3 rings (SSSR count). The van der Waals surface area contributed by atoms with Crippen LogP contribution >= 0.6 is 0 Å². The summed E-state index contributed by atoms with van der Waals surface area (Å²) in [6, 6.07) is 8.27. The van der Waals surface area contributed by atoms with Gasteiger partial charge in [-0.25, -0.2) is 0 Å². The number of anilines is 1. The summed E-state index contributed by atoms with van der Waals surface area (Å²) >= 11 is 0. The summed E-state index contributed by atoms with van der Waals surface area (Å²) in [4.78, 5) is 12.8. The fraction of sp³-hybridized carbons (Fsp3) is 0.611. The molecular weight excluding hydrogens is 276 g/mol. The standard InChI is InChI=1S/C18H26N2O2/c1-14-6-8-15(9-7-14)20-18(10-2-3-11-18)17(21)19-13-16-5-4-12-22-16/h6-9,16,20H,2-5,10-13H2,1H3,(H,19,21)/t16-/m0/s1. The van der Waals surface area contributed by atoms with Gasteiger partial charge in [-0.15, -0.1) is 0 Å². The molecule has 0 aromatic heterocycles. The van der Waals surface area contributed by atoms with E-state index in [0.717, 1.165) is 50.8 Å². The molecule has 1 amide bonds. The van der Waals surface area contributed by atoms with Crippen molar-refractivity contribution in [1.29, 1.82) is 0 Å². The third-order valence-electron chi connectivity index (χ3n) is 4.84. The molecule has 1 aromatic carbocycles. The lowest BCUT2D eigenvalue weighted by Crippen LogP contribution is -2.52. The Balaban J connectivity index is 1.64. The minimum atomic E-state index is -0.451. The van der Waals surface area contributed by atoms with Crippen molar-refractivity contribution >= 4 is 11.6 Å². The van der Waals surface area contributed by atoms with Crippen molar-refractivity contribution in [1.82, 2.24) is 5.32 Å². The summed E-state index contributed by atoms with van der Waals surface area (Å²) < 4.78 is 5.60. The van der Waals surface area contributed by atoms with Crippen LogP contribution in [0.3, 0.4) is 0 Å². The van der Waals surface area contributed by atoms with Crippen LogP contribution in [-0.2, 0) is 9.53 Å². The largest absolute Gasteiger partial charge is 0.376 e. The summed E-state index contributed by atoms with van der Waals surface area (Å²) in [6.07, 6.45) is 6.36. The Hall–Kier alpha value is -1.55. The van der Waals surface area contributed by atoms with Gasteiger partial charge in [-0.3, -0.25) is 4.79 Å². The second kappa shape index (κ2) is 6.69. The van der Waals surface area contributed by atoms with Gasteiger partial charge < -0.3 is 15.4 Å². The lowest BCUT2D eigenvalue weighted by atomic mass is 9.95. The maximum Gasteiger partial charge on any atom is 0.245 e. The van der Waals surface area contributed by atoms with Crippen molar-refractivity contribution in [3.63, 3.8) is 0 Å². The first-order valence-electron chi connectivity index (χ1n) is 8.43. The molecule has 22 heavy (non-hydrogen) atoms. The van der Waals surface area contributed by atoms with Crippen LogP contribution in [0.5, 0.6) is 0 Å². The van der Waals surface area contributed by atoms with Crippen molar-refractivity contribution in [3.05, 3.63) is 29.8 Å². The summed E-state index contributed by atoms with van der Waals surface area (Å²) in [5, 5.41) is 6.62. The number of nitrogens with one attached hydrogen (secondary N) is 2. The van der Waals surface area contributed by atoms with Gasteiger partial charge in [0.25, 0.3) is 0 Å². The molecule has 1 atom stereocenters. The van der Waals surface area contributed by atoms with E-state index in [0.29, 0.717) is 6.54 Å². The third-order valence-corrected chi connectivity index (χ3v) is 4.84. The van der Waals surface area contributed by atoms with E-state index in [1.807, 2.05) is 0 Å². The van der Waals surface area contributed by atoms with Crippen LogP contribution in [0, 0.1) is 6.92 Å². The molecule has 1 aliphatic heterocycles. The minimum Gasteiger partial charge on any atom is -0.376 e. The number of hydrogen-bond acceptors (Lipinski definition) is 3. The van der Waals surface area contributed by atoms with Gasteiger partial charge in [0.1, 0.15) is 5.54 Å². The first kappa shape index (κ1) is 15.3. The van der Waals surface area contributed by atoms with E-state index < -0.39 is 5.54 Å². The highest BCUT2D eigenvalue weighted by Gasteiger charge is 2.41. The van der Waals surface area contributed by atoms with Crippen LogP contribution in [0.2, 0.25) is 0 Å². The molecule has 1 saturated carbocycles. The number of rotatable bonds is 5. The van der Waals surface area contributed by atoms with E-state index in [2.05, 4.69) is 41.8 Å². The van der Waals surface area contributed by atoms with Crippen molar-refractivity contribution in [2.45, 2.75) is 57.1 Å². The van der Waals surface area contributed by atoms with Crippen LogP contribution in [0.1, 0.15) is 44.1 Å². The SMILES string of the molecule is Cc1ccc(NC2(C(=O)NC[C@@H]3CCCO3)CCCC2)cc1. The maximum atomic E-state index is 12.8. The molecular formula is C18H26N2O2. The number of ether oxygens (including phenoxy) is 1. The first-order valence-corrected chi connectivity index (χ1v) is 8.43. The topological polar surface area (TPSA) is 50.4 Å². The fourth-order valence-electron chi connectivity index (χ4n) is 3.48.